The predicted molar refractivity (Wildman–Crippen MR) is 79.9 cm³/mol. The van der Waals surface area contributed by atoms with Gasteiger partial charge in [-0.3, -0.25) is 4.79 Å². The summed E-state index contributed by atoms with van der Waals surface area (Å²) in [4.78, 5) is 14.0. The fourth-order valence-electron chi connectivity index (χ4n) is 1.72. The molecule has 2 heteroatoms. The third-order valence-corrected chi connectivity index (χ3v) is 3.04. The number of amides is 1. The fourth-order valence-corrected chi connectivity index (χ4v) is 1.72. The highest BCUT2D eigenvalue weighted by atomic mass is 16.2. The molecule has 0 N–H and O–H groups in total. The number of hydrogen-bond donors (Lipinski definition) is 0. The van der Waals surface area contributed by atoms with Crippen LogP contribution in [0, 0.1) is 0 Å². The maximum Gasteiger partial charge on any atom is 0.227 e. The lowest BCUT2D eigenvalue weighted by atomic mass is 9.97. The van der Waals surface area contributed by atoms with Crippen LogP contribution in [-0.2, 0) is 4.79 Å². The van der Waals surface area contributed by atoms with Crippen molar-refractivity contribution in [1.82, 2.24) is 0 Å². The molecule has 1 aromatic carbocycles. The van der Waals surface area contributed by atoms with Crippen molar-refractivity contribution < 1.29 is 4.79 Å². The smallest absolute Gasteiger partial charge is 0.227 e. The van der Waals surface area contributed by atoms with Gasteiger partial charge in [0.2, 0.25) is 5.91 Å². The summed E-state index contributed by atoms with van der Waals surface area (Å²) in [5.74, 6) is 0.179. The molecule has 1 rings (SSSR count). The van der Waals surface area contributed by atoms with Crippen molar-refractivity contribution in [1.29, 1.82) is 0 Å². The molecule has 0 bridgehead atoms. The molecule has 0 aliphatic heterocycles. The van der Waals surface area contributed by atoms with Gasteiger partial charge in [0, 0.05) is 17.6 Å². The minimum atomic E-state index is -0.131. The molecule has 1 aromatic rings. The number of benzene rings is 1. The van der Waals surface area contributed by atoms with Gasteiger partial charge in [-0.2, -0.15) is 0 Å². The Hall–Kier alpha value is -1.31. The maximum atomic E-state index is 12.0. The first-order valence-corrected chi connectivity index (χ1v) is 6.91. The molecule has 0 heterocycles. The average molecular weight is 249 g/mol. The van der Waals surface area contributed by atoms with Crippen LogP contribution in [0.5, 0.6) is 0 Å². The number of hydrogen-bond acceptors (Lipinski definition) is 1. The Labute approximate surface area is 112 Å². The zero-order valence-electron chi connectivity index (χ0n) is 12.7. The van der Waals surface area contributed by atoms with Crippen LogP contribution in [-0.4, -0.2) is 11.4 Å². The number of rotatable bonds is 4. The molecule has 18 heavy (non-hydrogen) atoms. The van der Waals surface area contributed by atoms with E-state index in [9.17, 15) is 4.79 Å². The van der Waals surface area contributed by atoms with E-state index in [4.69, 9.17) is 0 Å². The quantitative estimate of drug-likeness (QED) is 0.761. The predicted octanol–water partition coefficient (Wildman–Crippen LogP) is 4.64. The summed E-state index contributed by atoms with van der Waals surface area (Å²) < 4.78 is 0. The van der Waals surface area contributed by atoms with Crippen molar-refractivity contribution in [2.24, 2.45) is 0 Å². The van der Waals surface area contributed by atoms with E-state index < -0.39 is 0 Å². The minimum Gasteiger partial charge on any atom is -0.307 e. The summed E-state index contributed by atoms with van der Waals surface area (Å²) in [5.41, 5.74) is 0.857. The van der Waals surface area contributed by atoms with Crippen LogP contribution in [0.3, 0.4) is 0 Å². The first kappa shape index (κ1) is 16.7. The highest BCUT2D eigenvalue weighted by Crippen LogP contribution is 2.27. The number of carbonyl (C=O) groups is 1. The third-order valence-electron chi connectivity index (χ3n) is 3.04. The Balaban J connectivity index is 0.00000137. The van der Waals surface area contributed by atoms with E-state index in [-0.39, 0.29) is 11.4 Å². The first-order chi connectivity index (χ1) is 8.53. The van der Waals surface area contributed by atoms with E-state index in [0.29, 0.717) is 6.42 Å². The molecule has 0 spiro atoms. The van der Waals surface area contributed by atoms with Crippen molar-refractivity contribution in [3.05, 3.63) is 30.3 Å². The molecule has 0 aromatic heterocycles. The van der Waals surface area contributed by atoms with Crippen LogP contribution in [0.4, 0.5) is 5.69 Å². The van der Waals surface area contributed by atoms with Crippen molar-refractivity contribution in [2.45, 2.75) is 59.9 Å². The molecular formula is C16H27NO. The van der Waals surface area contributed by atoms with Crippen LogP contribution in [0.25, 0.3) is 0 Å². The van der Waals surface area contributed by atoms with E-state index in [0.717, 1.165) is 12.1 Å². The largest absolute Gasteiger partial charge is 0.307 e. The van der Waals surface area contributed by atoms with E-state index in [1.165, 1.54) is 0 Å². The average Bonchev–Trinajstić information content (AvgIpc) is 2.42. The highest BCUT2D eigenvalue weighted by Gasteiger charge is 2.29. The lowest BCUT2D eigenvalue weighted by Crippen LogP contribution is -2.47. The van der Waals surface area contributed by atoms with Gasteiger partial charge in [0.25, 0.3) is 0 Å². The van der Waals surface area contributed by atoms with E-state index >= 15 is 0 Å². The molecule has 1 amide bonds. The molecule has 0 unspecified atom stereocenters. The van der Waals surface area contributed by atoms with Crippen LogP contribution in [0.1, 0.15) is 54.4 Å². The van der Waals surface area contributed by atoms with Gasteiger partial charge in [-0.05, 0) is 32.4 Å². The van der Waals surface area contributed by atoms with Gasteiger partial charge in [-0.15, -0.1) is 0 Å². The monoisotopic (exact) mass is 249 g/mol. The van der Waals surface area contributed by atoms with E-state index in [2.05, 4.69) is 20.8 Å². The summed E-state index contributed by atoms with van der Waals surface area (Å²) in [6, 6.07) is 9.89. The van der Waals surface area contributed by atoms with Gasteiger partial charge in [0.05, 0.1) is 0 Å². The lowest BCUT2D eigenvalue weighted by molar-refractivity contribution is -0.119. The molecule has 0 aliphatic carbocycles. The summed E-state index contributed by atoms with van der Waals surface area (Å²) in [5, 5.41) is 0. The van der Waals surface area contributed by atoms with Gasteiger partial charge >= 0.3 is 0 Å². The summed E-state index contributed by atoms with van der Waals surface area (Å²) in [6.45, 7) is 12.2. The molecule has 0 radical (unpaired) electrons. The second-order valence-corrected chi connectivity index (χ2v) is 4.58. The van der Waals surface area contributed by atoms with E-state index in [1.807, 2.05) is 56.0 Å². The normalized spacial score (nSPS) is 10.3. The van der Waals surface area contributed by atoms with Gasteiger partial charge < -0.3 is 4.90 Å². The molecule has 0 fully saturated rings. The van der Waals surface area contributed by atoms with Crippen molar-refractivity contribution in [3.8, 4) is 0 Å². The molecule has 102 valence electrons. The zero-order valence-corrected chi connectivity index (χ0v) is 12.7. The molecule has 0 saturated heterocycles. The number of nitrogens with zero attached hydrogens (tertiary/aromatic N) is 1. The van der Waals surface area contributed by atoms with Gasteiger partial charge in [0.1, 0.15) is 0 Å². The van der Waals surface area contributed by atoms with Gasteiger partial charge in [-0.1, -0.05) is 45.9 Å². The number of anilines is 1. The first-order valence-electron chi connectivity index (χ1n) is 6.91. The van der Waals surface area contributed by atoms with Crippen molar-refractivity contribution in [3.63, 3.8) is 0 Å². The Kier molecular flexibility index (Phi) is 7.33. The molecule has 0 aliphatic rings. The Morgan fingerprint density at radius 1 is 1.11 bits per heavy atom. The Morgan fingerprint density at radius 3 is 2.00 bits per heavy atom. The summed E-state index contributed by atoms with van der Waals surface area (Å²) in [6.07, 6.45) is 1.48. The second-order valence-electron chi connectivity index (χ2n) is 4.58. The molecule has 2 nitrogen and oxygen atoms in total. The minimum absolute atomic E-state index is 0.131. The maximum absolute atomic E-state index is 12.0. The number of carbonyl (C=O) groups excluding carboxylic acids is 1. The molecule has 0 atom stereocenters. The summed E-state index contributed by atoms with van der Waals surface area (Å²) in [7, 11) is 0. The SMILES string of the molecule is CC.CCC(=O)N(c1ccccc1)C(C)(C)CC. The van der Waals surface area contributed by atoms with Crippen molar-refractivity contribution >= 4 is 11.6 Å². The standard InChI is InChI=1S/C14H21NO.C2H6/c1-5-13(16)15(14(3,4)6-2)12-10-8-7-9-11-12;1-2/h7-11H,5-6H2,1-4H3;1-2H3. The summed E-state index contributed by atoms with van der Waals surface area (Å²) >= 11 is 0. The van der Waals surface area contributed by atoms with Crippen molar-refractivity contribution in [2.75, 3.05) is 4.90 Å². The lowest BCUT2D eigenvalue weighted by Gasteiger charge is -2.38. The second kappa shape index (κ2) is 7.91. The molecule has 0 saturated carbocycles. The van der Waals surface area contributed by atoms with Gasteiger partial charge in [0.15, 0.2) is 0 Å². The Morgan fingerprint density at radius 2 is 1.61 bits per heavy atom. The number of para-hydroxylation sites is 1. The van der Waals surface area contributed by atoms with Gasteiger partial charge in [-0.25, -0.2) is 0 Å². The Bertz CT molecular complexity index is 343. The van der Waals surface area contributed by atoms with Crippen LogP contribution in [0.2, 0.25) is 0 Å². The highest BCUT2D eigenvalue weighted by molar-refractivity contribution is 5.94. The van der Waals surface area contributed by atoms with Crippen LogP contribution in [0.15, 0.2) is 30.3 Å². The zero-order chi connectivity index (χ0) is 14.2. The van der Waals surface area contributed by atoms with E-state index in [1.54, 1.807) is 0 Å². The van der Waals surface area contributed by atoms with Crippen LogP contribution < -0.4 is 4.90 Å². The fraction of sp³-hybridized carbons (Fsp3) is 0.562. The third kappa shape index (κ3) is 4.17. The topological polar surface area (TPSA) is 20.3 Å². The van der Waals surface area contributed by atoms with Crippen LogP contribution >= 0.6 is 0 Å². The molecular weight excluding hydrogens is 222 g/mol.